The minimum atomic E-state index is -0.550. The highest BCUT2D eigenvalue weighted by molar-refractivity contribution is 7.19. The second-order valence-electron chi connectivity index (χ2n) is 6.43. The number of amides is 1. The minimum Gasteiger partial charge on any atom is -0.454 e. The maximum absolute atomic E-state index is 12.2. The maximum Gasteiger partial charge on any atom is 0.338 e. The van der Waals surface area contributed by atoms with E-state index in [-0.39, 0.29) is 6.61 Å². The quantitative estimate of drug-likeness (QED) is 0.669. The van der Waals surface area contributed by atoms with Crippen LogP contribution in [-0.4, -0.2) is 21.8 Å². The van der Waals surface area contributed by atoms with E-state index in [4.69, 9.17) is 16.2 Å². The van der Waals surface area contributed by atoms with Gasteiger partial charge in [-0.05, 0) is 55.5 Å². The molecule has 0 saturated heterocycles. The molecule has 1 aliphatic carbocycles. The number of fused-ring (bicyclic) bond motifs is 3. The van der Waals surface area contributed by atoms with Crippen molar-refractivity contribution in [1.82, 2.24) is 9.97 Å². The first-order valence-electron chi connectivity index (χ1n) is 8.66. The van der Waals surface area contributed by atoms with E-state index >= 15 is 0 Å². The molecule has 0 unspecified atom stereocenters. The number of ether oxygens (including phenoxy) is 1. The number of aromatic nitrogens is 2. The van der Waals surface area contributed by atoms with Crippen LogP contribution in [0.4, 0.5) is 5.82 Å². The van der Waals surface area contributed by atoms with Gasteiger partial charge in [-0.2, -0.15) is 0 Å². The molecule has 27 heavy (non-hydrogen) atoms. The van der Waals surface area contributed by atoms with Crippen LogP contribution in [0.2, 0.25) is 0 Å². The molecule has 0 aliphatic heterocycles. The molecule has 0 bridgehead atoms. The van der Waals surface area contributed by atoms with E-state index in [1.54, 1.807) is 11.3 Å². The van der Waals surface area contributed by atoms with Crippen molar-refractivity contribution in [2.45, 2.75) is 32.3 Å². The van der Waals surface area contributed by atoms with E-state index in [0.29, 0.717) is 22.8 Å². The number of thiophene rings is 1. The highest BCUT2D eigenvalue weighted by Crippen LogP contribution is 2.37. The van der Waals surface area contributed by atoms with Crippen LogP contribution in [0.5, 0.6) is 0 Å². The molecule has 4 N–H and O–H groups in total. The predicted molar refractivity (Wildman–Crippen MR) is 103 cm³/mol. The smallest absolute Gasteiger partial charge is 0.338 e. The molecule has 0 fully saturated rings. The van der Waals surface area contributed by atoms with Gasteiger partial charge in [0.1, 0.15) is 10.6 Å². The van der Waals surface area contributed by atoms with Crippen LogP contribution >= 0.6 is 11.3 Å². The van der Waals surface area contributed by atoms with Crippen LogP contribution < -0.4 is 11.5 Å². The number of carbonyl (C=O) groups is 2. The van der Waals surface area contributed by atoms with Crippen LogP contribution in [0.3, 0.4) is 0 Å². The number of hydrogen-bond acceptors (Lipinski definition) is 7. The van der Waals surface area contributed by atoms with Crippen molar-refractivity contribution in [2.75, 3.05) is 5.73 Å². The van der Waals surface area contributed by atoms with Gasteiger partial charge in [0.15, 0.2) is 12.4 Å². The topological polar surface area (TPSA) is 121 Å². The number of rotatable bonds is 4. The summed E-state index contributed by atoms with van der Waals surface area (Å²) in [6.07, 6.45) is 4.41. The van der Waals surface area contributed by atoms with Crippen molar-refractivity contribution < 1.29 is 14.3 Å². The molecule has 8 heteroatoms. The van der Waals surface area contributed by atoms with Crippen LogP contribution in [0.25, 0.3) is 10.2 Å². The van der Waals surface area contributed by atoms with Gasteiger partial charge in [0, 0.05) is 10.4 Å². The molecule has 0 radical (unpaired) electrons. The fraction of sp³-hybridized carbons (Fsp3) is 0.263. The molecule has 4 rings (SSSR count). The molecule has 0 atom stereocenters. The zero-order chi connectivity index (χ0) is 19.0. The summed E-state index contributed by atoms with van der Waals surface area (Å²) in [6, 6.07) is 5.95. The lowest BCUT2D eigenvalue weighted by Gasteiger charge is -2.10. The average Bonchev–Trinajstić information content (AvgIpc) is 3.05. The summed E-state index contributed by atoms with van der Waals surface area (Å²) in [5.41, 5.74) is 13.3. The van der Waals surface area contributed by atoms with E-state index in [1.807, 2.05) is 0 Å². The average molecular weight is 382 g/mol. The van der Waals surface area contributed by atoms with E-state index in [0.717, 1.165) is 29.5 Å². The Kier molecular flexibility index (Phi) is 4.49. The lowest BCUT2D eigenvalue weighted by atomic mass is 9.97. The number of nitrogens with two attached hydrogens (primary N) is 2. The molecular formula is C19H18N4O3S. The molecule has 1 aromatic carbocycles. The number of aryl methyl sites for hydroxylation is 2. The van der Waals surface area contributed by atoms with Gasteiger partial charge in [-0.1, -0.05) is 0 Å². The van der Waals surface area contributed by atoms with Gasteiger partial charge in [-0.15, -0.1) is 11.3 Å². The first-order valence-corrected chi connectivity index (χ1v) is 9.48. The second-order valence-corrected chi connectivity index (χ2v) is 7.52. The van der Waals surface area contributed by atoms with Crippen LogP contribution in [0.1, 0.15) is 49.8 Å². The molecule has 7 nitrogen and oxygen atoms in total. The summed E-state index contributed by atoms with van der Waals surface area (Å²) in [7, 11) is 0. The summed E-state index contributed by atoms with van der Waals surface area (Å²) in [6.45, 7) is -0.0703. The third-order valence-corrected chi connectivity index (χ3v) is 5.81. The Morgan fingerprint density at radius 3 is 2.52 bits per heavy atom. The summed E-state index contributed by atoms with van der Waals surface area (Å²) >= 11 is 1.65. The largest absolute Gasteiger partial charge is 0.454 e. The van der Waals surface area contributed by atoms with Crippen molar-refractivity contribution in [1.29, 1.82) is 0 Å². The highest BCUT2D eigenvalue weighted by atomic mass is 32.1. The Labute approximate surface area is 159 Å². The SMILES string of the molecule is NC(=O)c1ccc(C(=O)OCc2nc(N)c3c4c(sc3n2)CCCC4)cc1. The van der Waals surface area contributed by atoms with Gasteiger partial charge in [-0.3, -0.25) is 4.79 Å². The molecule has 2 heterocycles. The van der Waals surface area contributed by atoms with E-state index in [1.165, 1.54) is 41.1 Å². The zero-order valence-electron chi connectivity index (χ0n) is 14.5. The molecule has 0 saturated carbocycles. The Balaban J connectivity index is 1.51. The summed E-state index contributed by atoms with van der Waals surface area (Å²) < 4.78 is 5.29. The first kappa shape index (κ1) is 17.4. The normalized spacial score (nSPS) is 13.3. The Bertz CT molecular complexity index is 1040. The van der Waals surface area contributed by atoms with Crippen molar-refractivity contribution in [3.05, 3.63) is 51.7 Å². The molecule has 0 spiro atoms. The Morgan fingerprint density at radius 1 is 1.07 bits per heavy atom. The standard InChI is InChI=1S/C19H18N4O3S/c20-16-15-12-3-1-2-4-13(12)27-18(15)23-14(22-16)9-26-19(25)11-7-5-10(6-8-11)17(21)24/h5-8H,1-4,9H2,(H2,21,24)(H2,20,22,23). The maximum atomic E-state index is 12.2. The summed E-state index contributed by atoms with van der Waals surface area (Å²) in [5, 5.41) is 0.951. The lowest BCUT2D eigenvalue weighted by Crippen LogP contribution is -2.12. The number of primary amides is 1. The van der Waals surface area contributed by atoms with Crippen LogP contribution in [-0.2, 0) is 24.2 Å². The molecular weight excluding hydrogens is 364 g/mol. The van der Waals surface area contributed by atoms with Gasteiger partial charge >= 0.3 is 5.97 Å². The lowest BCUT2D eigenvalue weighted by molar-refractivity contribution is 0.0462. The van der Waals surface area contributed by atoms with E-state index in [9.17, 15) is 9.59 Å². The number of nitrogen functional groups attached to an aromatic ring is 1. The molecule has 3 aromatic rings. The van der Waals surface area contributed by atoms with E-state index < -0.39 is 11.9 Å². The van der Waals surface area contributed by atoms with Crippen LogP contribution in [0, 0.1) is 0 Å². The Hall–Kier alpha value is -3.00. The fourth-order valence-electron chi connectivity index (χ4n) is 3.28. The minimum absolute atomic E-state index is 0.0703. The van der Waals surface area contributed by atoms with Gasteiger partial charge in [0.25, 0.3) is 0 Å². The highest BCUT2D eigenvalue weighted by Gasteiger charge is 2.20. The number of hydrogen-bond donors (Lipinski definition) is 2. The van der Waals surface area contributed by atoms with E-state index in [2.05, 4.69) is 9.97 Å². The monoisotopic (exact) mass is 382 g/mol. The number of carbonyl (C=O) groups excluding carboxylic acids is 2. The Morgan fingerprint density at radius 2 is 1.78 bits per heavy atom. The van der Waals surface area contributed by atoms with Gasteiger partial charge < -0.3 is 16.2 Å². The zero-order valence-corrected chi connectivity index (χ0v) is 15.3. The molecule has 1 aliphatic rings. The number of esters is 1. The third-order valence-electron chi connectivity index (χ3n) is 4.63. The van der Waals surface area contributed by atoms with Gasteiger partial charge in [-0.25, -0.2) is 14.8 Å². The number of benzene rings is 1. The molecule has 1 amide bonds. The predicted octanol–water partition coefficient (Wildman–Crippen LogP) is 2.61. The van der Waals surface area contributed by atoms with Crippen molar-refractivity contribution in [3.63, 3.8) is 0 Å². The second kappa shape index (κ2) is 6.96. The third kappa shape index (κ3) is 3.35. The van der Waals surface area contributed by atoms with Crippen molar-refractivity contribution >= 4 is 39.2 Å². The number of anilines is 1. The summed E-state index contributed by atoms with van der Waals surface area (Å²) in [4.78, 5) is 34.3. The summed E-state index contributed by atoms with van der Waals surface area (Å²) in [5.74, 6) is -0.263. The van der Waals surface area contributed by atoms with Crippen LogP contribution in [0.15, 0.2) is 24.3 Å². The molecule has 138 valence electrons. The molecule has 2 aromatic heterocycles. The van der Waals surface area contributed by atoms with Crippen molar-refractivity contribution in [3.8, 4) is 0 Å². The van der Waals surface area contributed by atoms with Gasteiger partial charge in [0.2, 0.25) is 5.91 Å². The van der Waals surface area contributed by atoms with Gasteiger partial charge in [0.05, 0.1) is 10.9 Å². The number of nitrogens with zero attached hydrogens (tertiary/aromatic N) is 2. The van der Waals surface area contributed by atoms with Crippen molar-refractivity contribution in [2.24, 2.45) is 5.73 Å². The first-order chi connectivity index (χ1) is 13.0. The fourth-order valence-corrected chi connectivity index (χ4v) is 4.57.